The van der Waals surface area contributed by atoms with Gasteiger partial charge in [0.05, 0.1) is 37.3 Å². The topological polar surface area (TPSA) is 464 Å². The molecule has 43 heteroatoms. The average molecular weight is 1700 g/mol. The number of fused-ring (bicyclic) bond motifs is 2. The third-order valence-electron chi connectivity index (χ3n) is 18.6. The van der Waals surface area contributed by atoms with Gasteiger partial charge >= 0.3 is 5.50 Å². The third kappa shape index (κ3) is 20.9. The fourth-order valence-electron chi connectivity index (χ4n) is 13.0. The second kappa shape index (κ2) is 36.2. The highest BCUT2D eigenvalue weighted by Gasteiger charge is 2.45. The predicted octanol–water partition coefficient (Wildman–Crippen LogP) is -0.763. The van der Waals surface area contributed by atoms with Gasteiger partial charge in [-0.15, -0.1) is 18.7 Å². The molecule has 2 aromatic carbocycles. The minimum absolute atomic E-state index is 0.397. The van der Waals surface area contributed by atoms with E-state index >= 15 is 0 Å². The zero-order chi connectivity index (χ0) is 84.4. The average Bonchev–Trinajstić information content (AvgIpc) is 1.58. The van der Waals surface area contributed by atoms with Gasteiger partial charge in [-0.1, -0.05) is 58.5 Å². The van der Waals surface area contributed by atoms with Crippen LogP contribution in [0.4, 0.5) is 0 Å². The van der Waals surface area contributed by atoms with E-state index in [-0.39, 0.29) is 0 Å². The Hall–Kier alpha value is -11.1. The minimum atomic E-state index is -4.69. The van der Waals surface area contributed by atoms with E-state index in [4.69, 9.17) is 0 Å². The number of aryl methyl sites for hydroxylation is 10. The van der Waals surface area contributed by atoms with Crippen molar-refractivity contribution in [2.45, 2.75) is 65.0 Å². The first-order chi connectivity index (χ1) is 53.9. The summed E-state index contributed by atoms with van der Waals surface area (Å²) in [5.74, 6) is 1.37. The zero-order valence-electron chi connectivity index (χ0n) is 64.0. The lowest BCUT2D eigenvalue weighted by Crippen LogP contribution is -2.51. The third-order valence-corrected chi connectivity index (χ3v) is 24.9. The van der Waals surface area contributed by atoms with Crippen molar-refractivity contribution in [2.24, 2.45) is 59.3 Å². The summed E-state index contributed by atoms with van der Waals surface area (Å²) in [4.78, 5) is 19.5. The van der Waals surface area contributed by atoms with Crippen molar-refractivity contribution in [2.75, 3.05) is 14.1 Å². The summed E-state index contributed by atoms with van der Waals surface area (Å²) in [5.41, 5.74) is -0.493. The van der Waals surface area contributed by atoms with Crippen LogP contribution in [0.1, 0.15) is 72.8 Å². The smallest absolute Gasteiger partial charge is 0.302 e. The van der Waals surface area contributed by atoms with E-state index in [2.05, 4.69) is 24.9 Å². The van der Waals surface area contributed by atoms with Crippen molar-refractivity contribution in [1.29, 1.82) is 0 Å². The lowest BCUT2D eigenvalue weighted by Gasteiger charge is -2.25. The summed E-state index contributed by atoms with van der Waals surface area (Å²) in [7, 11) is -11.9. The van der Waals surface area contributed by atoms with Gasteiger partial charge in [-0.3, -0.25) is 9.15 Å². The number of hydrogen-bond acceptors (Lipinski definition) is 23. The summed E-state index contributed by atoms with van der Waals surface area (Å²) >= 11 is 0. The first-order valence-electron chi connectivity index (χ1n) is 34.4. The van der Waals surface area contributed by atoms with E-state index in [9.17, 15) is 77.8 Å². The number of nitrogens with zero attached hydrogens (tertiary/aromatic N) is 19. The second-order valence-corrected chi connectivity index (χ2v) is 35.1. The molecule has 0 fully saturated rings. The Morgan fingerprint density at radius 3 is 1.00 bits per heavy atom. The van der Waals surface area contributed by atoms with Crippen LogP contribution in [0.5, 0.6) is 0 Å². The lowest BCUT2D eigenvalue weighted by molar-refractivity contribution is -0.780. The van der Waals surface area contributed by atoms with Crippen molar-refractivity contribution >= 4 is 107 Å². The van der Waals surface area contributed by atoms with Gasteiger partial charge in [-0.05, 0) is 49.7 Å². The summed E-state index contributed by atoms with van der Waals surface area (Å²) < 4.78 is 231. The monoisotopic (exact) mass is 1690 g/mol. The molecule has 10 aromatic heterocycles. The van der Waals surface area contributed by atoms with Crippen molar-refractivity contribution in [3.05, 3.63) is 266 Å². The standard InChI is InChI=1S/C21H19N2O3S.C13H15N2O3S.C11H13N3O3S.2C9H13N4O3S.C9H12N4O3S/c1-22-13-11-15-7-3-5-9-17(15)19(22)21(27(24,25)26)20-18-10-6-4-8-16(18)12-14-23(20)2;1-14-9-5-3-7-11(14)13(19(16,17)18)12-8-4-6-10-15(12)2;1-9-12-6-8-14(9)11(18(15,16)17)10-5-3-4-7-13(10)2;1-12-5-10-3-7(12)9(17(14,15)16)8-4-11-6-13(8)2;1-10-5-3-7-12(10)9(17(14,15)16)13-8-4-6-11(13)2;1-7-10-3-5-12(7)9(17(14,15)16)13-6-4-11-8(13)2/h3-14,21H,1-2H3;3-10,13H,1-2H3;3-8,11H,1-2H3;2*3-9H,1-2H3;3-6,9H,1-2H3,(H,14,15,16)/q2*+1;;2*+1;/p-1. The van der Waals surface area contributed by atoms with Crippen molar-refractivity contribution in [3.63, 3.8) is 0 Å². The SMILES string of the molecule is C[N+]1=CN=CC1C(C1C=NC=[N+]1C)S(=O)(=O)[O-].C[n+]1ccc2ccccc2c1C(c1c2ccccc2cc[n+]1C)S(=O)(=O)[O-].C[n+]1ccccc1C(c1cccc[n+]1C)S(=O)(=O)[O-].C[n+]1cccn1C(n1ccc[n+]1C)S(=O)(=O)[O-].Cc1nccn1C(c1cccc[n+]1C)S(=O)(=O)[O-].Cc1nccn1C(n1ccnc1C)S(=O)(=O)[O-]. The van der Waals surface area contributed by atoms with Gasteiger partial charge in [0.15, 0.2) is 82.0 Å². The Kier molecular flexibility index (Phi) is 27.6. The molecule has 0 N–H and O–H groups in total. The number of aromatic nitrogens is 15. The van der Waals surface area contributed by atoms with E-state index in [0.717, 1.165) is 21.5 Å². The number of aliphatic imine (C=N–C) groups is 2. The fraction of sp³-hybridized carbons (Fsp3) is 0.278. The molecular formula is C72H84N19O18S6+3. The molecule has 0 aliphatic carbocycles. The molecule has 115 heavy (non-hydrogen) atoms. The Morgan fingerprint density at radius 1 is 0.348 bits per heavy atom. The Labute approximate surface area is 665 Å². The van der Waals surface area contributed by atoms with Crippen LogP contribution in [0.15, 0.2) is 230 Å². The summed E-state index contributed by atoms with van der Waals surface area (Å²) in [6, 6.07) is 36.4. The maximum atomic E-state index is 12.5. The number of pyridine rings is 5. The van der Waals surface area contributed by atoms with Crippen LogP contribution in [0, 0.1) is 20.8 Å². The zero-order valence-corrected chi connectivity index (χ0v) is 68.9. The largest absolute Gasteiger partial charge is 0.747 e. The Bertz CT molecular complexity index is 6050. The highest BCUT2D eigenvalue weighted by atomic mass is 32.2. The van der Waals surface area contributed by atoms with Crippen LogP contribution < -0.4 is 32.2 Å². The molecule has 14 rings (SSSR count). The number of benzene rings is 2. The van der Waals surface area contributed by atoms with Gasteiger partial charge in [-0.25, -0.2) is 88.3 Å². The highest BCUT2D eigenvalue weighted by Crippen LogP contribution is 2.35. The number of hydrogen-bond donors (Lipinski definition) is 0. The molecule has 0 amide bonds. The Balaban J connectivity index is 0.000000159. The van der Waals surface area contributed by atoms with Crippen LogP contribution in [0.2, 0.25) is 0 Å². The van der Waals surface area contributed by atoms with Gasteiger partial charge in [0.1, 0.15) is 119 Å². The lowest BCUT2D eigenvalue weighted by atomic mass is 10.0. The van der Waals surface area contributed by atoms with E-state index in [1.54, 1.807) is 248 Å². The maximum absolute atomic E-state index is 12.5. The van der Waals surface area contributed by atoms with E-state index in [0.29, 0.717) is 45.9 Å². The van der Waals surface area contributed by atoms with Gasteiger partial charge in [0.25, 0.3) is 12.7 Å². The summed E-state index contributed by atoms with van der Waals surface area (Å²) in [5, 5.41) is -1.69. The molecule has 12 heterocycles. The molecule has 0 saturated carbocycles. The molecular weight excluding hydrogens is 1610 g/mol. The fourth-order valence-corrected chi connectivity index (χ4v) is 19.5. The van der Waals surface area contributed by atoms with E-state index < -0.39 is 105 Å². The second-order valence-electron chi connectivity index (χ2n) is 26.4. The summed E-state index contributed by atoms with van der Waals surface area (Å²) in [6.45, 7) is 4.91. The molecule has 608 valence electrons. The van der Waals surface area contributed by atoms with Gasteiger partial charge in [0.2, 0.25) is 49.8 Å². The van der Waals surface area contributed by atoms with Crippen LogP contribution in [-0.4, -0.2) is 182 Å². The Morgan fingerprint density at radius 2 is 0.704 bits per heavy atom. The van der Waals surface area contributed by atoms with Crippen molar-refractivity contribution < 1.29 is 119 Å². The molecule has 0 saturated heterocycles. The molecule has 37 nitrogen and oxygen atoms in total. The van der Waals surface area contributed by atoms with Crippen LogP contribution >= 0.6 is 0 Å². The number of imidazole rings is 3. The number of rotatable bonds is 18. The predicted molar refractivity (Wildman–Crippen MR) is 407 cm³/mol. The molecule has 3 atom stereocenters. The summed E-state index contributed by atoms with van der Waals surface area (Å²) in [6.07, 6.45) is 29.8. The normalized spacial score (nSPS) is 14.9. The van der Waals surface area contributed by atoms with Crippen LogP contribution in [-0.2, 0) is 110 Å². The molecule has 12 aromatic rings. The van der Waals surface area contributed by atoms with Crippen molar-refractivity contribution in [1.82, 2.24) is 38.0 Å². The first kappa shape index (κ1) is 87.9. The van der Waals surface area contributed by atoms with Gasteiger partial charge in [-0.2, -0.15) is 0 Å². The van der Waals surface area contributed by atoms with E-state index in [1.807, 2.05) is 60.7 Å². The first-order valence-corrected chi connectivity index (χ1v) is 43.2. The van der Waals surface area contributed by atoms with Gasteiger partial charge in [0, 0.05) is 97.8 Å². The molecule has 0 spiro atoms. The molecule has 0 bridgehead atoms. The molecule has 2 aliphatic rings. The molecule has 3 unspecified atom stereocenters. The highest BCUT2D eigenvalue weighted by molar-refractivity contribution is 7.87. The van der Waals surface area contributed by atoms with Gasteiger partial charge < -0.3 is 41.0 Å². The van der Waals surface area contributed by atoms with E-state index in [1.165, 1.54) is 85.4 Å². The van der Waals surface area contributed by atoms with Crippen molar-refractivity contribution in [3.8, 4) is 0 Å². The quantitative estimate of drug-likeness (QED) is 0.0752. The van der Waals surface area contributed by atoms with Crippen LogP contribution in [0.25, 0.3) is 21.5 Å². The molecule has 0 radical (unpaired) electrons. The molecule has 2 aliphatic heterocycles. The minimum Gasteiger partial charge on any atom is -0.747 e. The maximum Gasteiger partial charge on any atom is 0.302 e. The van der Waals surface area contributed by atoms with Crippen LogP contribution in [0.3, 0.4) is 0 Å².